The monoisotopic (exact) mass is 379 g/mol. The van der Waals surface area contributed by atoms with Crippen molar-refractivity contribution >= 4 is 23.2 Å². The van der Waals surface area contributed by atoms with Gasteiger partial charge in [0.05, 0.1) is 0 Å². The molecule has 2 heterocycles. The van der Waals surface area contributed by atoms with Crippen LogP contribution in [-0.2, 0) is 16.1 Å². The first-order valence-electron chi connectivity index (χ1n) is 9.75. The number of thiazole rings is 1. The smallest absolute Gasteiger partial charge is 0.307 e. The standard InChI is InChI=1S/C19H29N3O3S/c1-15-14-26-19(25)22(15)13-18(24)21-11-9-20(10-12-21)17(23)8-7-16-5-3-2-4-6-16/h14,16H,2-13H2,1H3. The summed E-state index contributed by atoms with van der Waals surface area (Å²) in [6.45, 7) is 4.27. The molecule has 2 aliphatic rings. The molecule has 3 rings (SSSR count). The Bertz CT molecular complexity index is 682. The highest BCUT2D eigenvalue weighted by molar-refractivity contribution is 7.07. The van der Waals surface area contributed by atoms with Crippen molar-refractivity contribution in [3.63, 3.8) is 0 Å². The molecule has 26 heavy (non-hydrogen) atoms. The molecule has 0 N–H and O–H groups in total. The number of hydrogen-bond acceptors (Lipinski definition) is 4. The number of nitrogens with zero attached hydrogens (tertiary/aromatic N) is 3. The van der Waals surface area contributed by atoms with Crippen LogP contribution < -0.4 is 4.87 Å². The number of hydrogen-bond donors (Lipinski definition) is 0. The first-order valence-corrected chi connectivity index (χ1v) is 10.6. The van der Waals surface area contributed by atoms with Gasteiger partial charge in [0.15, 0.2) is 0 Å². The van der Waals surface area contributed by atoms with E-state index in [1.807, 2.05) is 11.8 Å². The molecule has 1 saturated carbocycles. The highest BCUT2D eigenvalue weighted by Gasteiger charge is 2.25. The third-order valence-corrected chi connectivity index (χ3v) is 6.63. The van der Waals surface area contributed by atoms with Crippen LogP contribution in [0, 0.1) is 12.8 Å². The van der Waals surface area contributed by atoms with Crippen LogP contribution in [0.1, 0.15) is 50.6 Å². The third kappa shape index (κ3) is 4.75. The zero-order valence-electron chi connectivity index (χ0n) is 15.6. The van der Waals surface area contributed by atoms with Gasteiger partial charge in [0.25, 0.3) is 0 Å². The molecule has 6 nitrogen and oxygen atoms in total. The summed E-state index contributed by atoms with van der Waals surface area (Å²) in [6.07, 6.45) is 8.17. The van der Waals surface area contributed by atoms with E-state index in [0.29, 0.717) is 32.6 Å². The Hall–Kier alpha value is -1.63. The molecule has 7 heteroatoms. The van der Waals surface area contributed by atoms with Crippen molar-refractivity contribution in [3.8, 4) is 0 Å². The van der Waals surface area contributed by atoms with Crippen molar-refractivity contribution in [1.29, 1.82) is 0 Å². The summed E-state index contributed by atoms with van der Waals surface area (Å²) in [5, 5.41) is 1.78. The maximum absolute atomic E-state index is 12.4. The first kappa shape index (κ1) is 19.1. The lowest BCUT2D eigenvalue weighted by Gasteiger charge is -2.35. The first-order chi connectivity index (χ1) is 12.5. The number of carbonyl (C=O) groups is 2. The van der Waals surface area contributed by atoms with Crippen molar-refractivity contribution < 1.29 is 9.59 Å². The van der Waals surface area contributed by atoms with Gasteiger partial charge in [0.1, 0.15) is 6.54 Å². The van der Waals surface area contributed by atoms with Gasteiger partial charge in [-0.1, -0.05) is 43.4 Å². The van der Waals surface area contributed by atoms with Crippen molar-refractivity contribution in [2.24, 2.45) is 5.92 Å². The number of aromatic nitrogens is 1. The number of aryl methyl sites for hydroxylation is 1. The molecule has 2 fully saturated rings. The maximum atomic E-state index is 12.4. The lowest BCUT2D eigenvalue weighted by atomic mass is 9.86. The van der Waals surface area contributed by atoms with E-state index in [1.54, 1.807) is 10.3 Å². The van der Waals surface area contributed by atoms with Gasteiger partial charge in [-0.05, 0) is 19.3 Å². The summed E-state index contributed by atoms with van der Waals surface area (Å²) in [7, 11) is 0. The maximum Gasteiger partial charge on any atom is 0.307 e. The van der Waals surface area contributed by atoms with Gasteiger partial charge in [-0.15, -0.1) is 0 Å². The number of amides is 2. The fraction of sp³-hybridized carbons (Fsp3) is 0.737. The molecule has 0 bridgehead atoms. The predicted octanol–water partition coefficient (Wildman–Crippen LogP) is 2.25. The molecule has 0 atom stereocenters. The molecule has 1 aromatic rings. The summed E-state index contributed by atoms with van der Waals surface area (Å²) in [6, 6.07) is 0. The molecule has 0 unspecified atom stereocenters. The summed E-state index contributed by atoms with van der Waals surface area (Å²) < 4.78 is 1.52. The highest BCUT2D eigenvalue weighted by atomic mass is 32.1. The van der Waals surface area contributed by atoms with E-state index in [-0.39, 0.29) is 23.2 Å². The molecule has 0 spiro atoms. The van der Waals surface area contributed by atoms with Gasteiger partial charge < -0.3 is 9.80 Å². The molecule has 1 aromatic heterocycles. The molecule has 1 aliphatic carbocycles. The van der Waals surface area contributed by atoms with Gasteiger partial charge in [-0.25, -0.2) is 0 Å². The van der Waals surface area contributed by atoms with Crippen LogP contribution in [0.4, 0.5) is 0 Å². The fourth-order valence-electron chi connectivity index (χ4n) is 4.00. The van der Waals surface area contributed by atoms with E-state index in [0.717, 1.165) is 29.4 Å². The second kappa shape index (κ2) is 8.84. The molecule has 0 aromatic carbocycles. The van der Waals surface area contributed by atoms with Crippen LogP contribution in [0.5, 0.6) is 0 Å². The minimum atomic E-state index is -0.0904. The second-order valence-electron chi connectivity index (χ2n) is 7.53. The summed E-state index contributed by atoms with van der Waals surface area (Å²) in [5.41, 5.74) is 0.824. The van der Waals surface area contributed by atoms with E-state index in [2.05, 4.69) is 0 Å². The fourth-order valence-corrected chi connectivity index (χ4v) is 4.73. The van der Waals surface area contributed by atoms with Crippen LogP contribution in [-0.4, -0.2) is 52.4 Å². The van der Waals surface area contributed by atoms with E-state index < -0.39 is 0 Å². The highest BCUT2D eigenvalue weighted by Crippen LogP contribution is 2.27. The van der Waals surface area contributed by atoms with E-state index >= 15 is 0 Å². The summed E-state index contributed by atoms with van der Waals surface area (Å²) in [4.78, 5) is 40.2. The normalized spacial score (nSPS) is 19.0. The van der Waals surface area contributed by atoms with E-state index in [1.165, 1.54) is 36.7 Å². The van der Waals surface area contributed by atoms with Crippen LogP contribution in [0.2, 0.25) is 0 Å². The van der Waals surface area contributed by atoms with Crippen molar-refractivity contribution in [1.82, 2.24) is 14.4 Å². The van der Waals surface area contributed by atoms with Gasteiger partial charge >= 0.3 is 4.87 Å². The van der Waals surface area contributed by atoms with Gasteiger partial charge in [-0.3, -0.25) is 19.0 Å². The Morgan fingerprint density at radius 1 is 1.04 bits per heavy atom. The average Bonchev–Trinajstić information content (AvgIpc) is 2.99. The second-order valence-corrected chi connectivity index (χ2v) is 8.35. The molecule has 1 saturated heterocycles. The predicted molar refractivity (Wildman–Crippen MR) is 102 cm³/mol. The lowest BCUT2D eigenvalue weighted by molar-refractivity contribution is -0.140. The number of carbonyl (C=O) groups excluding carboxylic acids is 2. The molecular formula is C19H29N3O3S. The van der Waals surface area contributed by atoms with Crippen LogP contribution in [0.15, 0.2) is 10.2 Å². The number of rotatable bonds is 5. The molecule has 144 valence electrons. The van der Waals surface area contributed by atoms with Crippen molar-refractivity contribution in [2.75, 3.05) is 26.2 Å². The molecule has 0 radical (unpaired) electrons. The third-order valence-electron chi connectivity index (χ3n) is 5.75. The van der Waals surface area contributed by atoms with Gasteiger partial charge in [0.2, 0.25) is 11.8 Å². The Morgan fingerprint density at radius 3 is 2.23 bits per heavy atom. The Morgan fingerprint density at radius 2 is 1.65 bits per heavy atom. The SMILES string of the molecule is Cc1csc(=O)n1CC(=O)N1CCN(C(=O)CCC2CCCCC2)CC1. The number of piperazine rings is 1. The Kier molecular flexibility index (Phi) is 6.51. The zero-order valence-corrected chi connectivity index (χ0v) is 16.4. The average molecular weight is 380 g/mol. The van der Waals surface area contributed by atoms with Gasteiger partial charge in [0, 0.05) is 43.7 Å². The summed E-state index contributed by atoms with van der Waals surface area (Å²) in [5.74, 6) is 0.915. The van der Waals surface area contributed by atoms with E-state index in [9.17, 15) is 14.4 Å². The van der Waals surface area contributed by atoms with Crippen LogP contribution in [0.3, 0.4) is 0 Å². The van der Waals surface area contributed by atoms with Crippen LogP contribution >= 0.6 is 11.3 Å². The van der Waals surface area contributed by atoms with Crippen molar-refractivity contribution in [2.45, 2.75) is 58.4 Å². The Labute approximate surface area is 158 Å². The molecular weight excluding hydrogens is 350 g/mol. The summed E-state index contributed by atoms with van der Waals surface area (Å²) >= 11 is 1.12. The topological polar surface area (TPSA) is 62.6 Å². The molecule has 1 aliphatic heterocycles. The largest absolute Gasteiger partial charge is 0.339 e. The molecule has 2 amide bonds. The Balaban J connectivity index is 1.42. The van der Waals surface area contributed by atoms with Crippen LogP contribution in [0.25, 0.3) is 0 Å². The van der Waals surface area contributed by atoms with E-state index in [4.69, 9.17) is 0 Å². The minimum absolute atomic E-state index is 0.0390. The quantitative estimate of drug-likeness (QED) is 0.788. The van der Waals surface area contributed by atoms with Gasteiger partial charge in [-0.2, -0.15) is 0 Å². The van der Waals surface area contributed by atoms with Crippen molar-refractivity contribution in [3.05, 3.63) is 20.7 Å². The zero-order chi connectivity index (χ0) is 18.5. The minimum Gasteiger partial charge on any atom is -0.339 e. The lowest BCUT2D eigenvalue weighted by Crippen LogP contribution is -2.51.